The van der Waals surface area contributed by atoms with E-state index in [9.17, 15) is 13.2 Å². The predicted octanol–water partition coefficient (Wildman–Crippen LogP) is 4.55. The van der Waals surface area contributed by atoms with Crippen molar-refractivity contribution in [3.63, 3.8) is 0 Å². The van der Waals surface area contributed by atoms with Gasteiger partial charge in [0.15, 0.2) is 0 Å². The number of nitriles is 1. The van der Waals surface area contributed by atoms with Crippen LogP contribution in [0.3, 0.4) is 0 Å². The summed E-state index contributed by atoms with van der Waals surface area (Å²) in [4.78, 5) is 13.7. The number of anilines is 2. The van der Waals surface area contributed by atoms with Crippen molar-refractivity contribution >= 4 is 39.1 Å². The molecule has 0 radical (unpaired) electrons. The maximum Gasteiger partial charge on any atom is 0.264 e. The third-order valence-electron chi connectivity index (χ3n) is 4.71. The van der Waals surface area contributed by atoms with Crippen LogP contribution in [-0.2, 0) is 16.4 Å². The van der Waals surface area contributed by atoms with E-state index in [0.717, 1.165) is 10.5 Å². The van der Waals surface area contributed by atoms with E-state index in [1.807, 2.05) is 6.26 Å². The maximum atomic E-state index is 12.9. The van der Waals surface area contributed by atoms with Crippen LogP contribution in [0.2, 0.25) is 0 Å². The van der Waals surface area contributed by atoms with Crippen LogP contribution in [0.4, 0.5) is 11.4 Å². The van der Waals surface area contributed by atoms with Crippen molar-refractivity contribution in [3.05, 3.63) is 83.9 Å². The van der Waals surface area contributed by atoms with Crippen LogP contribution in [0.25, 0.3) is 0 Å². The first-order chi connectivity index (χ1) is 14.8. The van der Waals surface area contributed by atoms with Gasteiger partial charge < -0.3 is 5.32 Å². The number of hydrogen-bond acceptors (Lipinski definition) is 5. The van der Waals surface area contributed by atoms with E-state index in [1.165, 1.54) is 11.4 Å². The number of sulfonamides is 1. The van der Waals surface area contributed by atoms with Gasteiger partial charge >= 0.3 is 0 Å². The van der Waals surface area contributed by atoms with Crippen LogP contribution < -0.4 is 9.62 Å². The second kappa shape index (κ2) is 9.69. The van der Waals surface area contributed by atoms with E-state index in [1.54, 1.807) is 84.6 Å². The molecule has 0 spiro atoms. The standard InChI is InChI=1S/C23H21N3O3S2/c1-26(31(28,29)22-13-11-21(30-2)12-14-22)20-9-5-18(6-10-20)23(27)25-19-7-3-17(4-8-19)15-16-24/h3-14H,15H2,1-2H3,(H,25,27). The van der Waals surface area contributed by atoms with E-state index < -0.39 is 10.0 Å². The highest BCUT2D eigenvalue weighted by atomic mass is 32.2. The van der Waals surface area contributed by atoms with Gasteiger partial charge in [-0.15, -0.1) is 11.8 Å². The third kappa shape index (κ3) is 5.26. The van der Waals surface area contributed by atoms with Gasteiger partial charge in [0.1, 0.15) is 0 Å². The van der Waals surface area contributed by atoms with Gasteiger partial charge in [0.05, 0.1) is 23.1 Å². The van der Waals surface area contributed by atoms with Crippen LogP contribution in [0, 0.1) is 11.3 Å². The fourth-order valence-corrected chi connectivity index (χ4v) is 4.47. The molecule has 8 heteroatoms. The Morgan fingerprint density at radius 3 is 2.16 bits per heavy atom. The normalized spacial score (nSPS) is 10.9. The molecule has 158 valence electrons. The van der Waals surface area contributed by atoms with Gasteiger partial charge in [-0.1, -0.05) is 12.1 Å². The Hall–Kier alpha value is -3.28. The van der Waals surface area contributed by atoms with Crippen molar-refractivity contribution in [2.24, 2.45) is 0 Å². The average Bonchev–Trinajstić information content (AvgIpc) is 2.80. The van der Waals surface area contributed by atoms with Crippen LogP contribution in [0.5, 0.6) is 0 Å². The number of benzene rings is 3. The number of thioether (sulfide) groups is 1. The molecule has 0 aliphatic carbocycles. The quantitative estimate of drug-likeness (QED) is 0.532. The molecule has 31 heavy (non-hydrogen) atoms. The summed E-state index contributed by atoms with van der Waals surface area (Å²) in [6.45, 7) is 0. The molecule has 0 heterocycles. The molecule has 6 nitrogen and oxygen atoms in total. The topological polar surface area (TPSA) is 90.3 Å². The molecule has 0 saturated heterocycles. The number of carbonyl (C=O) groups is 1. The molecule has 0 fully saturated rings. The van der Waals surface area contributed by atoms with Crippen molar-refractivity contribution in [2.45, 2.75) is 16.2 Å². The van der Waals surface area contributed by atoms with Gasteiger partial charge in [0.2, 0.25) is 0 Å². The first-order valence-corrected chi connectivity index (χ1v) is 12.0. The van der Waals surface area contributed by atoms with Gasteiger partial charge in [-0.2, -0.15) is 5.26 Å². The molecule has 0 aliphatic rings. The zero-order valence-corrected chi connectivity index (χ0v) is 18.7. The zero-order valence-electron chi connectivity index (χ0n) is 17.1. The van der Waals surface area contributed by atoms with Crippen LogP contribution in [-0.4, -0.2) is 27.6 Å². The number of nitrogens with zero attached hydrogens (tertiary/aromatic N) is 2. The average molecular weight is 452 g/mol. The van der Waals surface area contributed by atoms with Crippen LogP contribution in [0.1, 0.15) is 15.9 Å². The second-order valence-corrected chi connectivity index (χ2v) is 9.53. The summed E-state index contributed by atoms with van der Waals surface area (Å²) in [5.74, 6) is -0.308. The number of amides is 1. The summed E-state index contributed by atoms with van der Waals surface area (Å²) in [6, 6.07) is 22.2. The second-order valence-electron chi connectivity index (χ2n) is 6.68. The van der Waals surface area contributed by atoms with E-state index in [-0.39, 0.29) is 10.8 Å². The van der Waals surface area contributed by atoms with Crippen molar-refractivity contribution in [1.82, 2.24) is 0 Å². The molecule has 0 atom stereocenters. The lowest BCUT2D eigenvalue weighted by Gasteiger charge is -2.20. The summed E-state index contributed by atoms with van der Waals surface area (Å²) >= 11 is 1.54. The maximum absolute atomic E-state index is 12.9. The monoisotopic (exact) mass is 451 g/mol. The van der Waals surface area contributed by atoms with E-state index in [4.69, 9.17) is 5.26 Å². The number of nitrogens with one attached hydrogen (secondary N) is 1. The Morgan fingerprint density at radius 2 is 1.61 bits per heavy atom. The van der Waals surface area contributed by atoms with Gasteiger partial charge in [0.25, 0.3) is 15.9 Å². The summed E-state index contributed by atoms with van der Waals surface area (Å²) in [5, 5.41) is 11.5. The number of hydrogen-bond donors (Lipinski definition) is 1. The van der Waals surface area contributed by atoms with E-state index in [2.05, 4.69) is 11.4 Å². The lowest BCUT2D eigenvalue weighted by atomic mass is 10.1. The fourth-order valence-electron chi connectivity index (χ4n) is 2.87. The SMILES string of the molecule is CSc1ccc(S(=O)(=O)N(C)c2ccc(C(=O)Nc3ccc(CC#N)cc3)cc2)cc1. The van der Waals surface area contributed by atoms with Gasteiger partial charge in [-0.05, 0) is 72.5 Å². The minimum absolute atomic E-state index is 0.203. The zero-order chi connectivity index (χ0) is 22.4. The Balaban J connectivity index is 1.72. The molecule has 3 aromatic carbocycles. The predicted molar refractivity (Wildman–Crippen MR) is 124 cm³/mol. The Bertz CT molecular complexity index is 1200. The number of rotatable bonds is 7. The van der Waals surface area contributed by atoms with Crippen molar-refractivity contribution < 1.29 is 13.2 Å². The molecule has 0 aliphatic heterocycles. The van der Waals surface area contributed by atoms with E-state index >= 15 is 0 Å². The summed E-state index contributed by atoms with van der Waals surface area (Å²) in [5.41, 5.74) is 2.34. The smallest absolute Gasteiger partial charge is 0.264 e. The molecule has 0 unspecified atom stereocenters. The molecule has 1 N–H and O–H groups in total. The molecule has 0 bridgehead atoms. The number of carbonyl (C=O) groups excluding carboxylic acids is 1. The Morgan fingerprint density at radius 1 is 1.00 bits per heavy atom. The third-order valence-corrected chi connectivity index (χ3v) is 7.25. The molecule has 3 rings (SSSR count). The van der Waals surface area contributed by atoms with E-state index in [0.29, 0.717) is 23.4 Å². The largest absolute Gasteiger partial charge is 0.322 e. The molecule has 3 aromatic rings. The molecule has 1 amide bonds. The van der Waals surface area contributed by atoms with Crippen molar-refractivity contribution in [2.75, 3.05) is 22.9 Å². The molecule has 0 saturated carbocycles. The molecule has 0 aromatic heterocycles. The summed E-state index contributed by atoms with van der Waals surface area (Å²) in [6.07, 6.45) is 2.24. The van der Waals surface area contributed by atoms with Gasteiger partial charge in [-0.3, -0.25) is 9.10 Å². The fraction of sp³-hybridized carbons (Fsp3) is 0.130. The first-order valence-electron chi connectivity index (χ1n) is 9.35. The summed E-state index contributed by atoms with van der Waals surface area (Å²) < 4.78 is 27.0. The lowest BCUT2D eigenvalue weighted by Crippen LogP contribution is -2.26. The van der Waals surface area contributed by atoms with Gasteiger partial charge in [0, 0.05) is 23.2 Å². The van der Waals surface area contributed by atoms with Crippen LogP contribution >= 0.6 is 11.8 Å². The first kappa shape index (κ1) is 22.4. The Labute approximate surface area is 186 Å². The highest BCUT2D eigenvalue weighted by Crippen LogP contribution is 2.24. The van der Waals surface area contributed by atoms with Crippen molar-refractivity contribution in [3.8, 4) is 6.07 Å². The highest BCUT2D eigenvalue weighted by molar-refractivity contribution is 7.98. The lowest BCUT2D eigenvalue weighted by molar-refractivity contribution is 0.102. The van der Waals surface area contributed by atoms with Gasteiger partial charge in [-0.25, -0.2) is 8.42 Å². The van der Waals surface area contributed by atoms with Crippen molar-refractivity contribution in [1.29, 1.82) is 5.26 Å². The van der Waals surface area contributed by atoms with Crippen LogP contribution in [0.15, 0.2) is 82.6 Å². The highest BCUT2D eigenvalue weighted by Gasteiger charge is 2.21. The Kier molecular flexibility index (Phi) is 7.00. The molecular formula is C23H21N3O3S2. The minimum atomic E-state index is -3.71. The summed E-state index contributed by atoms with van der Waals surface area (Å²) in [7, 11) is -2.23. The minimum Gasteiger partial charge on any atom is -0.322 e. The molecular weight excluding hydrogens is 430 g/mol.